The molecule has 0 unspecified atom stereocenters. The van der Waals surface area contributed by atoms with Crippen molar-refractivity contribution < 1.29 is 14.3 Å². The number of amides is 2. The number of hydrogen-bond acceptors (Lipinski definition) is 8. The maximum atomic E-state index is 12.2. The van der Waals surface area contributed by atoms with E-state index < -0.39 is 0 Å². The molecule has 0 fully saturated rings. The lowest BCUT2D eigenvalue weighted by Crippen LogP contribution is -2.40. The third kappa shape index (κ3) is 6.39. The molecule has 10 nitrogen and oxygen atoms in total. The molecule has 2 heterocycles. The summed E-state index contributed by atoms with van der Waals surface area (Å²) in [6.45, 7) is 8.33. The van der Waals surface area contributed by atoms with Crippen LogP contribution in [0.15, 0.2) is 35.3 Å². The molecule has 3 N–H and O–H groups in total. The number of aliphatic imine (C=N–C) groups is 1. The highest BCUT2D eigenvalue weighted by atomic mass is 16.5. The number of esters is 1. The van der Waals surface area contributed by atoms with Crippen LogP contribution >= 0.6 is 0 Å². The zero-order chi connectivity index (χ0) is 22.2. The lowest BCUT2D eigenvalue weighted by atomic mass is 10.2. The number of ether oxygens (including phenoxy) is 1. The molecule has 0 saturated heterocycles. The SMILES string of the molecule is CCOC(=O)c1ccc(NC(=O)NCCN2CCN=C2Nc2cc(C)nc(C)n2)cc1. The fraction of sp³-hybridized carbons (Fsp3) is 0.381. The molecule has 164 valence electrons. The summed E-state index contributed by atoms with van der Waals surface area (Å²) in [4.78, 5) is 39.0. The molecule has 0 saturated carbocycles. The van der Waals surface area contributed by atoms with Gasteiger partial charge in [-0.1, -0.05) is 0 Å². The van der Waals surface area contributed by atoms with E-state index in [0.29, 0.717) is 49.1 Å². The van der Waals surface area contributed by atoms with Gasteiger partial charge in [0.05, 0.1) is 18.7 Å². The predicted molar refractivity (Wildman–Crippen MR) is 118 cm³/mol. The molecule has 3 rings (SSSR count). The Labute approximate surface area is 181 Å². The van der Waals surface area contributed by atoms with Crippen LogP contribution in [0, 0.1) is 13.8 Å². The molecule has 10 heteroatoms. The van der Waals surface area contributed by atoms with Crippen molar-refractivity contribution in [3.05, 3.63) is 47.4 Å². The van der Waals surface area contributed by atoms with Crippen LogP contribution in [-0.4, -0.2) is 65.6 Å². The van der Waals surface area contributed by atoms with Gasteiger partial charge in [-0.3, -0.25) is 4.99 Å². The van der Waals surface area contributed by atoms with Crippen LogP contribution in [-0.2, 0) is 4.74 Å². The van der Waals surface area contributed by atoms with Crippen LogP contribution < -0.4 is 16.0 Å². The topological polar surface area (TPSA) is 121 Å². The van der Waals surface area contributed by atoms with E-state index in [1.807, 2.05) is 19.9 Å². The number of guanidine groups is 1. The highest BCUT2D eigenvalue weighted by Crippen LogP contribution is 2.11. The van der Waals surface area contributed by atoms with Gasteiger partial charge in [-0.15, -0.1) is 0 Å². The smallest absolute Gasteiger partial charge is 0.338 e. The van der Waals surface area contributed by atoms with E-state index in [4.69, 9.17) is 4.74 Å². The van der Waals surface area contributed by atoms with Gasteiger partial charge in [0.25, 0.3) is 0 Å². The minimum absolute atomic E-state index is 0.318. The van der Waals surface area contributed by atoms with E-state index in [1.54, 1.807) is 31.2 Å². The predicted octanol–water partition coefficient (Wildman–Crippen LogP) is 2.18. The number of hydrogen-bond donors (Lipinski definition) is 3. The Morgan fingerprint density at radius 3 is 2.65 bits per heavy atom. The third-order valence-corrected chi connectivity index (χ3v) is 4.46. The number of benzene rings is 1. The average Bonchev–Trinajstić information content (AvgIpc) is 3.15. The van der Waals surface area contributed by atoms with Crippen LogP contribution in [0.4, 0.5) is 16.3 Å². The number of aromatic nitrogens is 2. The Balaban J connectivity index is 1.44. The van der Waals surface area contributed by atoms with Crippen LogP contribution in [0.3, 0.4) is 0 Å². The Morgan fingerprint density at radius 1 is 1.16 bits per heavy atom. The number of rotatable bonds is 7. The first-order valence-electron chi connectivity index (χ1n) is 10.2. The second kappa shape index (κ2) is 10.4. The minimum Gasteiger partial charge on any atom is -0.462 e. The highest BCUT2D eigenvalue weighted by molar-refractivity contribution is 5.94. The molecule has 0 spiro atoms. The molecule has 1 aromatic heterocycles. The maximum absolute atomic E-state index is 12.2. The van der Waals surface area contributed by atoms with E-state index >= 15 is 0 Å². The second-order valence-electron chi connectivity index (χ2n) is 6.94. The minimum atomic E-state index is -0.387. The summed E-state index contributed by atoms with van der Waals surface area (Å²) >= 11 is 0. The molecule has 2 amide bonds. The number of anilines is 2. The van der Waals surface area contributed by atoms with Crippen molar-refractivity contribution in [3.63, 3.8) is 0 Å². The Morgan fingerprint density at radius 2 is 1.94 bits per heavy atom. The van der Waals surface area contributed by atoms with Gasteiger partial charge < -0.3 is 25.6 Å². The Bertz CT molecular complexity index is 940. The number of carbonyl (C=O) groups excluding carboxylic acids is 2. The quantitative estimate of drug-likeness (QED) is 0.581. The van der Waals surface area contributed by atoms with E-state index in [0.717, 1.165) is 18.2 Å². The Hall–Kier alpha value is -3.69. The number of nitrogens with one attached hydrogen (secondary N) is 3. The molecule has 1 aliphatic heterocycles. The van der Waals surface area contributed by atoms with Gasteiger partial charge >= 0.3 is 12.0 Å². The normalized spacial score (nSPS) is 12.9. The third-order valence-electron chi connectivity index (χ3n) is 4.46. The number of aryl methyl sites for hydroxylation is 2. The van der Waals surface area contributed by atoms with Gasteiger partial charge in [0, 0.05) is 37.1 Å². The van der Waals surface area contributed by atoms with Crippen LogP contribution in [0.25, 0.3) is 0 Å². The van der Waals surface area contributed by atoms with E-state index in [9.17, 15) is 9.59 Å². The van der Waals surface area contributed by atoms with E-state index in [1.165, 1.54) is 0 Å². The summed E-state index contributed by atoms with van der Waals surface area (Å²) in [6, 6.07) is 8.09. The lowest BCUT2D eigenvalue weighted by Gasteiger charge is -2.21. The first-order valence-corrected chi connectivity index (χ1v) is 10.2. The van der Waals surface area contributed by atoms with Gasteiger partial charge in [0.15, 0.2) is 5.96 Å². The maximum Gasteiger partial charge on any atom is 0.338 e. The fourth-order valence-corrected chi connectivity index (χ4v) is 3.10. The first-order chi connectivity index (χ1) is 14.9. The van der Waals surface area contributed by atoms with Crippen LogP contribution in [0.2, 0.25) is 0 Å². The summed E-state index contributed by atoms with van der Waals surface area (Å²) in [6.07, 6.45) is 0. The summed E-state index contributed by atoms with van der Waals surface area (Å²) in [5.41, 5.74) is 1.91. The van der Waals surface area contributed by atoms with Gasteiger partial charge in [0.1, 0.15) is 11.6 Å². The van der Waals surface area contributed by atoms with Crippen LogP contribution in [0.1, 0.15) is 28.8 Å². The Kier molecular flexibility index (Phi) is 7.36. The fourth-order valence-electron chi connectivity index (χ4n) is 3.10. The zero-order valence-electron chi connectivity index (χ0n) is 17.9. The van der Waals surface area contributed by atoms with Crippen molar-refractivity contribution >= 4 is 29.5 Å². The van der Waals surface area contributed by atoms with Crippen molar-refractivity contribution in [2.45, 2.75) is 20.8 Å². The molecule has 0 bridgehead atoms. The second-order valence-corrected chi connectivity index (χ2v) is 6.94. The molecular weight excluding hydrogens is 398 g/mol. The van der Waals surface area contributed by atoms with Crippen molar-refractivity contribution in [2.24, 2.45) is 4.99 Å². The van der Waals surface area contributed by atoms with Gasteiger partial charge in [-0.05, 0) is 45.0 Å². The largest absolute Gasteiger partial charge is 0.462 e. The number of nitrogens with zero attached hydrogens (tertiary/aromatic N) is 4. The summed E-state index contributed by atoms with van der Waals surface area (Å²) in [5, 5.41) is 8.80. The van der Waals surface area contributed by atoms with E-state index in [2.05, 4.69) is 35.8 Å². The summed E-state index contributed by atoms with van der Waals surface area (Å²) < 4.78 is 4.94. The van der Waals surface area contributed by atoms with E-state index in [-0.39, 0.29) is 12.0 Å². The molecule has 1 aromatic carbocycles. The molecule has 0 atom stereocenters. The highest BCUT2D eigenvalue weighted by Gasteiger charge is 2.17. The molecule has 0 aliphatic carbocycles. The summed E-state index contributed by atoms with van der Waals surface area (Å²) in [5.74, 6) is 1.74. The first kappa shape index (κ1) is 22.0. The van der Waals surface area contributed by atoms with Crippen molar-refractivity contribution in [3.8, 4) is 0 Å². The lowest BCUT2D eigenvalue weighted by molar-refractivity contribution is 0.0526. The van der Waals surface area contributed by atoms with Gasteiger partial charge in [-0.2, -0.15) is 0 Å². The number of urea groups is 1. The molecular formula is C21H27N7O3. The molecule has 31 heavy (non-hydrogen) atoms. The standard InChI is InChI=1S/C21H27N7O3/c1-4-31-19(29)16-5-7-17(8-6-16)26-21(30)23-10-12-28-11-9-22-20(28)27-18-13-14(2)24-15(3)25-18/h5-8,13H,4,9-12H2,1-3H3,(H2,23,26,30)(H,22,24,25,27). The monoisotopic (exact) mass is 425 g/mol. The van der Waals surface area contributed by atoms with Crippen LogP contribution in [0.5, 0.6) is 0 Å². The molecule has 1 aliphatic rings. The van der Waals surface area contributed by atoms with Crippen molar-refractivity contribution in [2.75, 3.05) is 43.4 Å². The zero-order valence-corrected chi connectivity index (χ0v) is 17.9. The van der Waals surface area contributed by atoms with Crippen molar-refractivity contribution in [1.29, 1.82) is 0 Å². The average molecular weight is 425 g/mol. The van der Waals surface area contributed by atoms with Crippen molar-refractivity contribution in [1.82, 2.24) is 20.2 Å². The molecule has 2 aromatic rings. The summed E-state index contributed by atoms with van der Waals surface area (Å²) in [7, 11) is 0. The molecule has 0 radical (unpaired) electrons. The number of carbonyl (C=O) groups is 2. The van der Waals surface area contributed by atoms with Gasteiger partial charge in [0.2, 0.25) is 0 Å². The van der Waals surface area contributed by atoms with Gasteiger partial charge in [-0.25, -0.2) is 19.6 Å².